The molecule has 0 spiro atoms. The lowest BCUT2D eigenvalue weighted by Crippen LogP contribution is -2.47. The summed E-state index contributed by atoms with van der Waals surface area (Å²) in [7, 11) is -3.12. The molecular weight excluding hydrogens is 304 g/mol. The Labute approximate surface area is 123 Å². The molecule has 1 aromatic heterocycles. The fourth-order valence-electron chi connectivity index (χ4n) is 2.14. The van der Waals surface area contributed by atoms with E-state index < -0.39 is 15.2 Å². The molecule has 1 atom stereocenters. The standard InChI is InChI=1S/C12H17ClN2O2S2/c1-9-5-10(7-13)6-11(14-9)15-3-4-18-8-12(15)19(2,16)17/h5-6,12H,3-4,7-8H2,1-2H3. The molecule has 0 aliphatic carbocycles. The molecule has 0 N–H and O–H groups in total. The monoisotopic (exact) mass is 320 g/mol. The molecule has 1 fully saturated rings. The number of halogens is 1. The van der Waals surface area contributed by atoms with Gasteiger partial charge in [0.05, 0.1) is 0 Å². The van der Waals surface area contributed by atoms with Gasteiger partial charge in [-0.1, -0.05) is 0 Å². The molecule has 106 valence electrons. The Morgan fingerprint density at radius 2 is 2.26 bits per heavy atom. The summed E-state index contributed by atoms with van der Waals surface area (Å²) in [5, 5.41) is -0.497. The number of hydrogen-bond acceptors (Lipinski definition) is 5. The zero-order chi connectivity index (χ0) is 14.0. The fraction of sp³-hybridized carbons (Fsp3) is 0.583. The van der Waals surface area contributed by atoms with Crippen molar-refractivity contribution in [2.45, 2.75) is 18.2 Å². The van der Waals surface area contributed by atoms with Gasteiger partial charge in [0.15, 0.2) is 9.84 Å². The zero-order valence-corrected chi connectivity index (χ0v) is 13.4. The number of aryl methyl sites for hydroxylation is 1. The molecule has 0 aromatic carbocycles. The lowest BCUT2D eigenvalue weighted by Gasteiger charge is -2.35. The van der Waals surface area contributed by atoms with Crippen LogP contribution in [0, 0.1) is 6.92 Å². The summed E-state index contributed by atoms with van der Waals surface area (Å²) in [6, 6.07) is 3.80. The van der Waals surface area contributed by atoms with Crippen molar-refractivity contribution in [2.75, 3.05) is 29.2 Å². The van der Waals surface area contributed by atoms with Crippen molar-refractivity contribution in [2.24, 2.45) is 0 Å². The number of alkyl halides is 1. The van der Waals surface area contributed by atoms with Crippen LogP contribution in [0.4, 0.5) is 5.82 Å². The van der Waals surface area contributed by atoms with Gasteiger partial charge in [-0.3, -0.25) is 0 Å². The summed E-state index contributed by atoms with van der Waals surface area (Å²) in [4.78, 5) is 6.35. The Hall–Kier alpha value is -0.460. The molecule has 7 heteroatoms. The van der Waals surface area contributed by atoms with Gasteiger partial charge in [-0.15, -0.1) is 11.6 Å². The first-order valence-corrected chi connectivity index (χ1v) is 9.63. The summed E-state index contributed by atoms with van der Waals surface area (Å²) in [5.74, 6) is 2.62. The lowest BCUT2D eigenvalue weighted by atomic mass is 10.2. The second kappa shape index (κ2) is 5.89. The van der Waals surface area contributed by atoms with E-state index in [0.717, 1.165) is 17.0 Å². The minimum absolute atomic E-state index is 0.405. The molecule has 1 aromatic rings. The van der Waals surface area contributed by atoms with E-state index in [4.69, 9.17) is 11.6 Å². The van der Waals surface area contributed by atoms with Crippen LogP contribution in [-0.4, -0.2) is 43.1 Å². The molecular formula is C12H17ClN2O2S2. The van der Waals surface area contributed by atoms with Gasteiger partial charge in [0.1, 0.15) is 11.2 Å². The van der Waals surface area contributed by atoms with Gasteiger partial charge < -0.3 is 4.90 Å². The average molecular weight is 321 g/mol. The molecule has 2 heterocycles. The lowest BCUT2D eigenvalue weighted by molar-refractivity contribution is 0.583. The average Bonchev–Trinajstić information content (AvgIpc) is 2.37. The van der Waals surface area contributed by atoms with Crippen molar-refractivity contribution in [3.8, 4) is 0 Å². The third-order valence-corrected chi connectivity index (χ3v) is 5.98. The number of anilines is 1. The van der Waals surface area contributed by atoms with Crippen LogP contribution < -0.4 is 4.90 Å². The second-order valence-corrected chi connectivity index (χ2v) is 8.28. The highest BCUT2D eigenvalue weighted by Gasteiger charge is 2.32. The summed E-state index contributed by atoms with van der Waals surface area (Å²) in [6.07, 6.45) is 1.29. The van der Waals surface area contributed by atoms with Crippen LogP contribution in [0.15, 0.2) is 12.1 Å². The van der Waals surface area contributed by atoms with Crippen molar-refractivity contribution in [3.05, 3.63) is 23.4 Å². The van der Waals surface area contributed by atoms with E-state index in [1.165, 1.54) is 6.26 Å². The topological polar surface area (TPSA) is 50.3 Å². The predicted octanol–water partition coefficient (Wildman–Crippen LogP) is 2.05. The van der Waals surface area contributed by atoms with Gasteiger partial charge in [0, 0.05) is 35.9 Å². The van der Waals surface area contributed by atoms with Crippen LogP contribution in [0.1, 0.15) is 11.3 Å². The molecule has 1 aliphatic heterocycles. The molecule has 19 heavy (non-hydrogen) atoms. The summed E-state index contributed by atoms with van der Waals surface area (Å²) in [6.45, 7) is 2.59. The maximum Gasteiger partial charge on any atom is 0.169 e. The molecule has 1 unspecified atom stereocenters. The number of hydrogen-bond donors (Lipinski definition) is 0. The van der Waals surface area contributed by atoms with Crippen LogP contribution >= 0.6 is 23.4 Å². The van der Waals surface area contributed by atoms with E-state index in [1.54, 1.807) is 11.8 Å². The number of pyridine rings is 1. The summed E-state index contributed by atoms with van der Waals surface area (Å²) < 4.78 is 23.8. The minimum atomic E-state index is -3.12. The Bertz CT molecular complexity index is 563. The van der Waals surface area contributed by atoms with E-state index in [2.05, 4.69) is 4.98 Å². The van der Waals surface area contributed by atoms with Crippen LogP contribution in [0.2, 0.25) is 0 Å². The first kappa shape index (κ1) is 14.9. The summed E-state index contributed by atoms with van der Waals surface area (Å²) >= 11 is 7.54. The number of nitrogens with zero attached hydrogens (tertiary/aromatic N) is 2. The highest BCUT2D eigenvalue weighted by Crippen LogP contribution is 2.26. The van der Waals surface area contributed by atoms with Crippen molar-refractivity contribution in [1.29, 1.82) is 0 Å². The highest BCUT2D eigenvalue weighted by atomic mass is 35.5. The van der Waals surface area contributed by atoms with Crippen molar-refractivity contribution < 1.29 is 8.42 Å². The van der Waals surface area contributed by atoms with Crippen molar-refractivity contribution in [3.63, 3.8) is 0 Å². The second-order valence-electron chi connectivity index (χ2n) is 4.66. The Morgan fingerprint density at radius 3 is 2.89 bits per heavy atom. The molecule has 0 radical (unpaired) electrons. The maximum atomic E-state index is 11.9. The first-order valence-electron chi connectivity index (χ1n) is 5.98. The van der Waals surface area contributed by atoms with Gasteiger partial charge in [0.2, 0.25) is 0 Å². The molecule has 0 saturated carbocycles. The van der Waals surface area contributed by atoms with E-state index in [0.29, 0.717) is 24.0 Å². The fourth-order valence-corrected chi connectivity index (χ4v) is 5.12. The SMILES string of the molecule is Cc1cc(CCl)cc(N2CCSCC2S(C)(=O)=O)n1. The third kappa shape index (κ3) is 3.55. The Kier molecular flexibility index (Phi) is 4.63. The molecule has 1 aliphatic rings. The number of aromatic nitrogens is 1. The Balaban J connectivity index is 2.40. The third-order valence-electron chi connectivity index (χ3n) is 3.03. The van der Waals surface area contributed by atoms with Crippen LogP contribution in [-0.2, 0) is 15.7 Å². The van der Waals surface area contributed by atoms with Crippen LogP contribution in [0.3, 0.4) is 0 Å². The van der Waals surface area contributed by atoms with Crippen LogP contribution in [0.25, 0.3) is 0 Å². The summed E-state index contributed by atoms with van der Waals surface area (Å²) in [5.41, 5.74) is 1.83. The normalized spacial score (nSPS) is 20.6. The van der Waals surface area contributed by atoms with E-state index >= 15 is 0 Å². The molecule has 1 saturated heterocycles. The van der Waals surface area contributed by atoms with E-state index in [-0.39, 0.29) is 0 Å². The van der Waals surface area contributed by atoms with Crippen molar-refractivity contribution in [1.82, 2.24) is 4.98 Å². The number of thioether (sulfide) groups is 1. The van der Waals surface area contributed by atoms with Crippen molar-refractivity contribution >= 4 is 39.0 Å². The van der Waals surface area contributed by atoms with Crippen LogP contribution in [0.5, 0.6) is 0 Å². The highest BCUT2D eigenvalue weighted by molar-refractivity contribution is 8.01. The molecule has 4 nitrogen and oxygen atoms in total. The zero-order valence-electron chi connectivity index (χ0n) is 11.0. The molecule has 0 bridgehead atoms. The number of sulfone groups is 1. The Morgan fingerprint density at radius 1 is 1.53 bits per heavy atom. The maximum absolute atomic E-state index is 11.9. The minimum Gasteiger partial charge on any atom is -0.338 e. The van der Waals surface area contributed by atoms with Gasteiger partial charge >= 0.3 is 0 Å². The predicted molar refractivity (Wildman–Crippen MR) is 81.8 cm³/mol. The molecule has 0 amide bonds. The first-order chi connectivity index (χ1) is 8.91. The quantitative estimate of drug-likeness (QED) is 0.798. The number of rotatable bonds is 3. The van der Waals surface area contributed by atoms with Gasteiger partial charge in [-0.05, 0) is 24.6 Å². The largest absolute Gasteiger partial charge is 0.338 e. The smallest absolute Gasteiger partial charge is 0.169 e. The van der Waals surface area contributed by atoms with E-state index in [1.807, 2.05) is 24.0 Å². The van der Waals surface area contributed by atoms with Gasteiger partial charge in [-0.2, -0.15) is 11.8 Å². The van der Waals surface area contributed by atoms with Gasteiger partial charge in [-0.25, -0.2) is 13.4 Å². The van der Waals surface area contributed by atoms with E-state index in [9.17, 15) is 8.42 Å². The van der Waals surface area contributed by atoms with Gasteiger partial charge in [0.25, 0.3) is 0 Å². The molecule has 2 rings (SSSR count).